The Balaban J connectivity index is 1.84. The molecule has 1 aliphatic rings. The van der Waals surface area contributed by atoms with Crippen LogP contribution in [0.5, 0.6) is 0 Å². The molecule has 1 atom stereocenters. The third-order valence-electron chi connectivity index (χ3n) is 4.14. The maximum Gasteiger partial charge on any atom is 0.163 e. The lowest BCUT2D eigenvalue weighted by molar-refractivity contribution is 0.192. The Labute approximate surface area is 128 Å². The second-order valence-corrected chi connectivity index (χ2v) is 6.54. The van der Waals surface area contributed by atoms with Crippen LogP contribution in [0.25, 0.3) is 0 Å². The van der Waals surface area contributed by atoms with Gasteiger partial charge in [-0.2, -0.15) is 0 Å². The molecule has 0 saturated carbocycles. The first-order chi connectivity index (χ1) is 10.3. The average Bonchev–Trinajstić information content (AvgIpc) is 2.91. The number of rotatable bonds is 3. The van der Waals surface area contributed by atoms with Crippen molar-refractivity contribution >= 4 is 11.3 Å². The molecule has 0 unspecified atom stereocenters. The smallest absolute Gasteiger partial charge is 0.163 e. The summed E-state index contributed by atoms with van der Waals surface area (Å²) in [5.41, 5.74) is 0.457. The van der Waals surface area contributed by atoms with E-state index in [0.29, 0.717) is 18.2 Å². The SMILES string of the molecule is Fc1cccc(CN2CCCCC[C@@H]2c2cccs2)c1F. The first-order valence-electron chi connectivity index (χ1n) is 7.46. The highest BCUT2D eigenvalue weighted by molar-refractivity contribution is 7.10. The number of halogens is 2. The van der Waals surface area contributed by atoms with Crippen LogP contribution in [0.4, 0.5) is 8.78 Å². The molecule has 1 fully saturated rings. The van der Waals surface area contributed by atoms with E-state index in [-0.39, 0.29) is 0 Å². The fourth-order valence-electron chi connectivity index (χ4n) is 3.05. The Morgan fingerprint density at radius 3 is 2.81 bits per heavy atom. The first kappa shape index (κ1) is 14.7. The van der Waals surface area contributed by atoms with Gasteiger partial charge in [-0.25, -0.2) is 8.78 Å². The summed E-state index contributed by atoms with van der Waals surface area (Å²) in [6, 6.07) is 9.00. The highest BCUT2D eigenvalue weighted by atomic mass is 32.1. The molecule has 0 radical (unpaired) electrons. The van der Waals surface area contributed by atoms with Gasteiger partial charge in [0, 0.05) is 23.0 Å². The van der Waals surface area contributed by atoms with Crippen LogP contribution in [-0.4, -0.2) is 11.4 Å². The van der Waals surface area contributed by atoms with E-state index < -0.39 is 11.6 Å². The van der Waals surface area contributed by atoms with Crippen LogP contribution in [0, 0.1) is 11.6 Å². The van der Waals surface area contributed by atoms with Gasteiger partial charge in [-0.1, -0.05) is 31.0 Å². The molecule has 3 rings (SSSR count). The van der Waals surface area contributed by atoms with E-state index in [1.807, 2.05) is 0 Å². The van der Waals surface area contributed by atoms with Crippen molar-refractivity contribution in [1.29, 1.82) is 0 Å². The fraction of sp³-hybridized carbons (Fsp3) is 0.412. The lowest BCUT2D eigenvalue weighted by Gasteiger charge is -2.29. The van der Waals surface area contributed by atoms with Gasteiger partial charge in [0.1, 0.15) is 0 Å². The summed E-state index contributed by atoms with van der Waals surface area (Å²) < 4.78 is 27.3. The van der Waals surface area contributed by atoms with Crippen molar-refractivity contribution in [3.8, 4) is 0 Å². The van der Waals surface area contributed by atoms with Crippen molar-refractivity contribution in [2.24, 2.45) is 0 Å². The van der Waals surface area contributed by atoms with Crippen molar-refractivity contribution in [3.63, 3.8) is 0 Å². The molecule has 0 aliphatic carbocycles. The number of hydrogen-bond acceptors (Lipinski definition) is 2. The van der Waals surface area contributed by atoms with Crippen LogP contribution in [0.2, 0.25) is 0 Å². The van der Waals surface area contributed by atoms with Crippen LogP contribution in [0.1, 0.15) is 42.2 Å². The zero-order valence-corrected chi connectivity index (χ0v) is 12.7. The summed E-state index contributed by atoms with van der Waals surface area (Å²) in [6.07, 6.45) is 4.63. The largest absolute Gasteiger partial charge is 0.291 e. The van der Waals surface area contributed by atoms with E-state index in [0.717, 1.165) is 19.4 Å². The van der Waals surface area contributed by atoms with Gasteiger partial charge < -0.3 is 0 Å². The molecule has 21 heavy (non-hydrogen) atoms. The predicted octanol–water partition coefficient (Wildman–Crippen LogP) is 5.14. The van der Waals surface area contributed by atoms with Crippen LogP contribution in [0.15, 0.2) is 35.7 Å². The number of nitrogens with zero attached hydrogens (tertiary/aromatic N) is 1. The van der Waals surface area contributed by atoms with Gasteiger partial charge in [-0.3, -0.25) is 4.90 Å². The van der Waals surface area contributed by atoms with E-state index in [1.54, 1.807) is 23.5 Å². The van der Waals surface area contributed by atoms with Gasteiger partial charge in [0.05, 0.1) is 0 Å². The summed E-state index contributed by atoms with van der Waals surface area (Å²) in [7, 11) is 0. The van der Waals surface area contributed by atoms with Gasteiger partial charge in [0.15, 0.2) is 11.6 Å². The molecule has 2 aromatic rings. The third-order valence-corrected chi connectivity index (χ3v) is 5.11. The molecular formula is C17H19F2NS. The Bertz CT molecular complexity index is 582. The van der Waals surface area contributed by atoms with E-state index in [4.69, 9.17) is 0 Å². The molecule has 112 valence electrons. The molecule has 0 spiro atoms. The molecule has 0 amide bonds. The first-order valence-corrected chi connectivity index (χ1v) is 8.34. The van der Waals surface area contributed by atoms with Crippen LogP contribution in [0.3, 0.4) is 0 Å². The predicted molar refractivity (Wildman–Crippen MR) is 82.3 cm³/mol. The quantitative estimate of drug-likeness (QED) is 0.758. The maximum atomic E-state index is 13.9. The second-order valence-electron chi connectivity index (χ2n) is 5.56. The maximum absolute atomic E-state index is 13.9. The summed E-state index contributed by atoms with van der Waals surface area (Å²) >= 11 is 1.75. The second kappa shape index (κ2) is 6.67. The zero-order valence-electron chi connectivity index (χ0n) is 11.9. The fourth-order valence-corrected chi connectivity index (χ4v) is 3.94. The molecule has 4 heteroatoms. The highest BCUT2D eigenvalue weighted by Crippen LogP contribution is 2.34. The standard InChI is InChI=1S/C17H19F2NS/c18-14-7-4-6-13(17(14)19)12-20-10-3-1-2-8-15(20)16-9-5-11-21-16/h4-7,9,11,15H,1-3,8,10,12H2/t15-/m1/s1. The monoisotopic (exact) mass is 307 g/mol. The number of benzene rings is 1. The lowest BCUT2D eigenvalue weighted by atomic mass is 10.1. The van der Waals surface area contributed by atoms with Crippen LogP contribution in [-0.2, 0) is 6.54 Å². The summed E-state index contributed by atoms with van der Waals surface area (Å²) in [4.78, 5) is 3.63. The molecule has 0 bridgehead atoms. The molecule has 1 aromatic heterocycles. The minimum Gasteiger partial charge on any atom is -0.291 e. The van der Waals surface area contributed by atoms with E-state index in [9.17, 15) is 8.78 Å². The highest BCUT2D eigenvalue weighted by Gasteiger charge is 2.24. The van der Waals surface area contributed by atoms with Crippen molar-refractivity contribution in [1.82, 2.24) is 4.90 Å². The molecular weight excluding hydrogens is 288 g/mol. The topological polar surface area (TPSA) is 3.24 Å². The number of thiophene rings is 1. The third kappa shape index (κ3) is 3.33. The summed E-state index contributed by atoms with van der Waals surface area (Å²) in [5.74, 6) is -1.46. The molecule has 1 aromatic carbocycles. The minimum atomic E-state index is -0.755. The number of likely N-dealkylation sites (tertiary alicyclic amines) is 1. The molecule has 1 saturated heterocycles. The van der Waals surface area contributed by atoms with E-state index in [1.165, 1.54) is 23.8 Å². The van der Waals surface area contributed by atoms with Crippen molar-refractivity contribution < 1.29 is 8.78 Å². The van der Waals surface area contributed by atoms with Gasteiger partial charge in [0.2, 0.25) is 0 Å². The minimum absolute atomic E-state index is 0.329. The van der Waals surface area contributed by atoms with Crippen LogP contribution >= 0.6 is 11.3 Å². The Kier molecular flexibility index (Phi) is 4.66. The van der Waals surface area contributed by atoms with Crippen molar-refractivity contribution in [2.75, 3.05) is 6.54 Å². The molecule has 0 N–H and O–H groups in total. The van der Waals surface area contributed by atoms with E-state index >= 15 is 0 Å². The molecule has 2 heterocycles. The summed E-state index contributed by atoms with van der Waals surface area (Å²) in [6.45, 7) is 1.42. The van der Waals surface area contributed by atoms with Gasteiger partial charge >= 0.3 is 0 Å². The molecule has 1 aliphatic heterocycles. The average molecular weight is 307 g/mol. The van der Waals surface area contributed by atoms with Crippen molar-refractivity contribution in [3.05, 3.63) is 57.8 Å². The Hall–Kier alpha value is -1.26. The van der Waals surface area contributed by atoms with Gasteiger partial charge in [-0.05, 0) is 36.9 Å². The number of hydrogen-bond donors (Lipinski definition) is 0. The van der Waals surface area contributed by atoms with Crippen LogP contribution < -0.4 is 0 Å². The van der Waals surface area contributed by atoms with E-state index in [2.05, 4.69) is 22.4 Å². The normalized spacial score (nSPS) is 20.4. The van der Waals surface area contributed by atoms with Crippen molar-refractivity contribution in [2.45, 2.75) is 38.3 Å². The summed E-state index contributed by atoms with van der Waals surface area (Å²) in [5, 5.41) is 2.08. The lowest BCUT2D eigenvalue weighted by Crippen LogP contribution is -2.28. The van der Waals surface area contributed by atoms with Gasteiger partial charge in [-0.15, -0.1) is 11.3 Å². The Morgan fingerprint density at radius 2 is 2.00 bits per heavy atom. The Morgan fingerprint density at radius 1 is 1.10 bits per heavy atom. The zero-order chi connectivity index (χ0) is 14.7. The molecule has 1 nitrogen and oxygen atoms in total. The van der Waals surface area contributed by atoms with Gasteiger partial charge in [0.25, 0.3) is 0 Å².